The van der Waals surface area contributed by atoms with Gasteiger partial charge in [-0.05, 0) is 49.3 Å². The van der Waals surface area contributed by atoms with Crippen molar-refractivity contribution in [1.29, 1.82) is 0 Å². The highest BCUT2D eigenvalue weighted by molar-refractivity contribution is 7.22. The lowest BCUT2D eigenvalue weighted by Gasteiger charge is -2.22. The van der Waals surface area contributed by atoms with E-state index in [1.165, 1.54) is 30.6 Å². The number of carbonyl (C=O) groups is 1. The molecule has 0 spiro atoms. The Morgan fingerprint density at radius 2 is 2.25 bits per heavy atom. The summed E-state index contributed by atoms with van der Waals surface area (Å²) in [5, 5.41) is 3.76. The molecule has 3 atom stereocenters. The highest BCUT2D eigenvalue weighted by Crippen LogP contribution is 2.44. The number of anilines is 1. The number of hydrogen-bond donors (Lipinski definition) is 2. The van der Waals surface area contributed by atoms with Crippen LogP contribution in [0.1, 0.15) is 36.0 Å². The number of nitrogens with two attached hydrogens (primary N) is 1. The Balaban J connectivity index is 1.54. The van der Waals surface area contributed by atoms with Crippen molar-refractivity contribution in [2.45, 2.75) is 31.7 Å². The molecule has 1 aromatic heterocycles. The molecule has 20 heavy (non-hydrogen) atoms. The molecular formula is C15H17N3OS. The third-order valence-corrected chi connectivity index (χ3v) is 5.57. The van der Waals surface area contributed by atoms with E-state index >= 15 is 0 Å². The van der Waals surface area contributed by atoms with Crippen molar-refractivity contribution >= 4 is 32.6 Å². The second-order valence-electron chi connectivity index (χ2n) is 5.99. The van der Waals surface area contributed by atoms with Crippen LogP contribution in [0.4, 0.5) is 5.13 Å². The highest BCUT2D eigenvalue weighted by Gasteiger charge is 2.40. The Hall–Kier alpha value is -1.62. The van der Waals surface area contributed by atoms with Gasteiger partial charge < -0.3 is 11.1 Å². The van der Waals surface area contributed by atoms with Crippen LogP contribution in [0.3, 0.4) is 0 Å². The number of rotatable bonds is 2. The number of carbonyl (C=O) groups excluding carboxylic acids is 1. The van der Waals surface area contributed by atoms with Crippen LogP contribution in [-0.2, 0) is 0 Å². The van der Waals surface area contributed by atoms with Gasteiger partial charge in [0.25, 0.3) is 5.91 Å². The van der Waals surface area contributed by atoms with Gasteiger partial charge in [0.1, 0.15) is 0 Å². The number of benzene rings is 1. The fraction of sp³-hybridized carbons (Fsp3) is 0.467. The maximum Gasteiger partial charge on any atom is 0.251 e. The molecular weight excluding hydrogens is 270 g/mol. The van der Waals surface area contributed by atoms with Gasteiger partial charge in [-0.2, -0.15) is 0 Å². The first kappa shape index (κ1) is 12.1. The maximum absolute atomic E-state index is 12.4. The molecule has 2 aliphatic carbocycles. The standard InChI is InChI=1S/C15H17N3OS/c16-15-18-11-4-3-10(7-13(11)20-15)14(19)17-12-6-8-1-2-9(12)5-8/h3-4,7-9,12H,1-2,5-6H2,(H2,16,18)(H,17,19). The van der Waals surface area contributed by atoms with Crippen molar-refractivity contribution in [2.75, 3.05) is 5.73 Å². The van der Waals surface area contributed by atoms with E-state index in [-0.39, 0.29) is 5.91 Å². The number of nitrogen functional groups attached to an aromatic ring is 1. The first-order chi connectivity index (χ1) is 9.69. The zero-order valence-electron chi connectivity index (χ0n) is 11.1. The Kier molecular flexibility index (Phi) is 2.70. The number of aromatic nitrogens is 1. The number of hydrogen-bond acceptors (Lipinski definition) is 4. The first-order valence-electron chi connectivity index (χ1n) is 7.16. The van der Waals surface area contributed by atoms with Gasteiger partial charge in [-0.3, -0.25) is 4.79 Å². The van der Waals surface area contributed by atoms with E-state index in [1.54, 1.807) is 0 Å². The minimum atomic E-state index is 0.0384. The van der Waals surface area contributed by atoms with Crippen molar-refractivity contribution in [1.82, 2.24) is 10.3 Å². The van der Waals surface area contributed by atoms with Crippen LogP contribution >= 0.6 is 11.3 Å². The van der Waals surface area contributed by atoms with Crippen LogP contribution in [-0.4, -0.2) is 16.9 Å². The van der Waals surface area contributed by atoms with Crippen molar-refractivity contribution < 1.29 is 4.79 Å². The van der Waals surface area contributed by atoms with E-state index in [2.05, 4.69) is 10.3 Å². The highest BCUT2D eigenvalue weighted by atomic mass is 32.1. The molecule has 104 valence electrons. The average molecular weight is 287 g/mol. The van der Waals surface area contributed by atoms with Crippen molar-refractivity contribution in [3.8, 4) is 0 Å². The zero-order chi connectivity index (χ0) is 13.7. The van der Waals surface area contributed by atoms with Gasteiger partial charge in [0.15, 0.2) is 5.13 Å². The lowest BCUT2D eigenvalue weighted by molar-refractivity contribution is 0.0923. The minimum Gasteiger partial charge on any atom is -0.375 e. The summed E-state index contributed by atoms with van der Waals surface area (Å²) in [5.74, 6) is 1.58. The number of nitrogens with one attached hydrogen (secondary N) is 1. The zero-order valence-corrected chi connectivity index (χ0v) is 12.0. The molecule has 4 rings (SSSR count). The van der Waals surface area contributed by atoms with Crippen LogP contribution in [0.5, 0.6) is 0 Å². The van der Waals surface area contributed by atoms with E-state index in [1.807, 2.05) is 18.2 Å². The lowest BCUT2D eigenvalue weighted by Crippen LogP contribution is -2.38. The summed E-state index contributed by atoms with van der Waals surface area (Å²) in [6, 6.07) is 5.98. The molecule has 1 amide bonds. The average Bonchev–Trinajstić information content (AvgIpc) is 3.10. The number of fused-ring (bicyclic) bond motifs is 3. The van der Waals surface area contributed by atoms with Gasteiger partial charge >= 0.3 is 0 Å². The molecule has 0 aliphatic heterocycles. The summed E-state index contributed by atoms with van der Waals surface area (Å²) in [6.07, 6.45) is 5.09. The van der Waals surface area contributed by atoms with Crippen LogP contribution in [0.25, 0.3) is 10.2 Å². The molecule has 2 fully saturated rings. The van der Waals surface area contributed by atoms with Gasteiger partial charge in [-0.25, -0.2) is 4.98 Å². The van der Waals surface area contributed by atoms with Crippen molar-refractivity contribution in [2.24, 2.45) is 11.8 Å². The van der Waals surface area contributed by atoms with Gasteiger partial charge in [-0.1, -0.05) is 17.8 Å². The first-order valence-corrected chi connectivity index (χ1v) is 7.97. The Morgan fingerprint density at radius 1 is 1.35 bits per heavy atom. The van der Waals surface area contributed by atoms with Gasteiger partial charge in [-0.15, -0.1) is 0 Å². The summed E-state index contributed by atoms with van der Waals surface area (Å²) in [4.78, 5) is 16.6. The van der Waals surface area contributed by atoms with Crippen LogP contribution < -0.4 is 11.1 Å². The van der Waals surface area contributed by atoms with E-state index < -0.39 is 0 Å². The smallest absolute Gasteiger partial charge is 0.251 e. The Bertz CT molecular complexity index is 681. The third kappa shape index (κ3) is 1.97. The third-order valence-electron chi connectivity index (χ3n) is 4.72. The molecule has 1 aromatic carbocycles. The summed E-state index contributed by atoms with van der Waals surface area (Å²) >= 11 is 1.43. The van der Waals surface area contributed by atoms with Gasteiger partial charge in [0.05, 0.1) is 10.2 Å². The summed E-state index contributed by atoms with van der Waals surface area (Å²) in [5.41, 5.74) is 7.27. The number of thiazole rings is 1. The quantitative estimate of drug-likeness (QED) is 0.892. The normalized spacial score (nSPS) is 28.1. The van der Waals surface area contributed by atoms with Crippen molar-refractivity contribution in [3.05, 3.63) is 23.8 Å². The fourth-order valence-electron chi connectivity index (χ4n) is 3.76. The van der Waals surface area contributed by atoms with Gasteiger partial charge in [0.2, 0.25) is 0 Å². The molecule has 0 saturated heterocycles. The molecule has 2 aromatic rings. The molecule has 2 aliphatic rings. The minimum absolute atomic E-state index is 0.0384. The molecule has 2 bridgehead atoms. The largest absolute Gasteiger partial charge is 0.375 e. The summed E-state index contributed by atoms with van der Waals surface area (Å²) < 4.78 is 0.975. The SMILES string of the molecule is Nc1nc2ccc(C(=O)NC3CC4CCC3C4)cc2s1. The second-order valence-corrected chi connectivity index (χ2v) is 7.05. The molecule has 3 unspecified atom stereocenters. The molecule has 2 saturated carbocycles. The lowest BCUT2D eigenvalue weighted by atomic mass is 9.95. The van der Waals surface area contributed by atoms with Crippen LogP contribution in [0.15, 0.2) is 18.2 Å². The summed E-state index contributed by atoms with van der Waals surface area (Å²) in [6.45, 7) is 0. The predicted molar refractivity (Wildman–Crippen MR) is 80.7 cm³/mol. The van der Waals surface area contributed by atoms with E-state index in [9.17, 15) is 4.79 Å². The fourth-order valence-corrected chi connectivity index (χ4v) is 4.53. The Morgan fingerprint density at radius 3 is 3.00 bits per heavy atom. The maximum atomic E-state index is 12.4. The molecule has 4 nitrogen and oxygen atoms in total. The number of amides is 1. The second kappa shape index (κ2) is 4.45. The van der Waals surface area contributed by atoms with Crippen LogP contribution in [0.2, 0.25) is 0 Å². The molecule has 5 heteroatoms. The number of nitrogens with zero attached hydrogens (tertiary/aromatic N) is 1. The predicted octanol–water partition coefficient (Wildman–Crippen LogP) is 2.80. The monoisotopic (exact) mass is 287 g/mol. The van der Waals surface area contributed by atoms with Crippen molar-refractivity contribution in [3.63, 3.8) is 0 Å². The van der Waals surface area contributed by atoms with Gasteiger partial charge in [0, 0.05) is 11.6 Å². The molecule has 0 radical (unpaired) electrons. The summed E-state index contributed by atoms with van der Waals surface area (Å²) in [7, 11) is 0. The van der Waals surface area contributed by atoms with Crippen LogP contribution in [0, 0.1) is 11.8 Å². The van der Waals surface area contributed by atoms with E-state index in [0.29, 0.717) is 22.7 Å². The topological polar surface area (TPSA) is 68.0 Å². The van der Waals surface area contributed by atoms with E-state index in [4.69, 9.17) is 5.73 Å². The van der Waals surface area contributed by atoms with E-state index in [0.717, 1.165) is 22.6 Å². The molecule has 3 N–H and O–H groups in total. The molecule has 1 heterocycles. The Labute approximate surface area is 121 Å².